The van der Waals surface area contributed by atoms with Crippen LogP contribution in [0.2, 0.25) is 0 Å². The number of aromatic carboxylic acids is 1. The second-order valence-corrected chi connectivity index (χ2v) is 19.9. The highest BCUT2D eigenvalue weighted by molar-refractivity contribution is 6.36. The summed E-state index contributed by atoms with van der Waals surface area (Å²) in [5, 5.41) is 9.58. The van der Waals surface area contributed by atoms with Gasteiger partial charge in [-0.3, -0.25) is 48.2 Å². The van der Waals surface area contributed by atoms with E-state index in [1.807, 2.05) is 0 Å². The molecule has 6 aromatic rings. The third kappa shape index (κ3) is 7.28. The van der Waals surface area contributed by atoms with Crippen LogP contribution in [0.15, 0.2) is 97.1 Å². The number of rotatable bonds is 9. The summed E-state index contributed by atoms with van der Waals surface area (Å²) in [5.74, 6) is -8.49. The van der Waals surface area contributed by atoms with Gasteiger partial charge in [0.15, 0.2) is 0 Å². The summed E-state index contributed by atoms with van der Waals surface area (Å²) in [6.45, 7) is 7.39. The van der Waals surface area contributed by atoms with Crippen molar-refractivity contribution in [2.24, 2.45) is 0 Å². The number of carboxylic acid groups (broad SMARTS) is 1. The molecule has 0 radical (unpaired) electrons. The summed E-state index contributed by atoms with van der Waals surface area (Å²) in [5.41, 5.74) is -8.56. The Balaban J connectivity index is 0.955. The van der Waals surface area contributed by atoms with Crippen LogP contribution in [0.3, 0.4) is 0 Å². The molecule has 0 saturated heterocycles. The molecule has 2 atom stereocenters. The van der Waals surface area contributed by atoms with E-state index in [1.54, 1.807) is 19.9 Å². The first-order valence-electron chi connectivity index (χ1n) is 23.6. The third-order valence-electron chi connectivity index (χ3n) is 15.5. The first-order valence-corrected chi connectivity index (χ1v) is 23.6. The van der Waals surface area contributed by atoms with E-state index < -0.39 is 116 Å². The molecule has 0 fully saturated rings. The number of fused-ring (bicyclic) bond motifs is 4. The summed E-state index contributed by atoms with van der Waals surface area (Å²) in [4.78, 5) is 124. The van der Waals surface area contributed by atoms with Crippen molar-refractivity contribution in [2.75, 3.05) is 16.8 Å². The lowest BCUT2D eigenvalue weighted by Crippen LogP contribution is -2.41. The molecular formula is C57H40F6N4O10. The Labute approximate surface area is 433 Å². The zero-order chi connectivity index (χ0) is 56.1. The fourth-order valence-corrected chi connectivity index (χ4v) is 10.9. The number of alkyl halides is 6. The lowest BCUT2D eigenvalue weighted by atomic mass is 9.74. The summed E-state index contributed by atoms with van der Waals surface area (Å²) in [6.07, 6.45) is -10.2. The summed E-state index contributed by atoms with van der Waals surface area (Å²) < 4.78 is 92.8. The number of hydrogen-bond acceptors (Lipinski definition) is 9. The lowest BCUT2D eigenvalue weighted by molar-refractivity contribution is -0.173. The zero-order valence-corrected chi connectivity index (χ0v) is 41.6. The molecule has 4 aliphatic heterocycles. The second kappa shape index (κ2) is 17.0. The Morgan fingerprint density at radius 2 is 0.844 bits per heavy atom. The Hall–Kier alpha value is -9.07. The van der Waals surface area contributed by atoms with Gasteiger partial charge in [-0.2, -0.15) is 26.3 Å². The molecule has 6 aromatic carbocycles. The number of benzene rings is 6. The van der Waals surface area contributed by atoms with Gasteiger partial charge in [-0.25, -0.2) is 14.6 Å². The van der Waals surface area contributed by atoms with Crippen LogP contribution in [-0.2, 0) is 17.4 Å². The van der Waals surface area contributed by atoms with E-state index in [0.717, 1.165) is 107 Å². The maximum Gasteiger partial charge on any atom is 0.402 e. The second-order valence-electron chi connectivity index (χ2n) is 19.9. The predicted octanol–water partition coefficient (Wildman–Crippen LogP) is 9.98. The number of amides is 8. The van der Waals surface area contributed by atoms with Crippen molar-refractivity contribution >= 4 is 64.6 Å². The highest BCUT2D eigenvalue weighted by Gasteiger charge is 2.57. The average molecular weight is 1050 g/mol. The number of imide groups is 4. The molecule has 0 aromatic heterocycles. The largest absolute Gasteiger partial charge is 0.478 e. The molecule has 10 rings (SSSR count). The minimum atomic E-state index is -5.13. The summed E-state index contributed by atoms with van der Waals surface area (Å²) in [6, 6.07) is 17.6. The van der Waals surface area contributed by atoms with Crippen LogP contribution >= 0.6 is 0 Å². The monoisotopic (exact) mass is 1050 g/mol. The van der Waals surface area contributed by atoms with Crippen molar-refractivity contribution in [1.29, 1.82) is 0 Å². The van der Waals surface area contributed by atoms with Gasteiger partial charge in [0.1, 0.15) is 10.8 Å². The molecule has 0 saturated carbocycles. The van der Waals surface area contributed by atoms with Gasteiger partial charge in [0.05, 0.1) is 68.0 Å². The molecule has 1 N–H and O–H groups in total. The molecule has 0 spiro atoms. The maximum absolute atomic E-state index is 15.6. The quantitative estimate of drug-likeness (QED) is 0.108. The Bertz CT molecular complexity index is 3830. The van der Waals surface area contributed by atoms with Gasteiger partial charge in [0.25, 0.3) is 47.3 Å². The van der Waals surface area contributed by atoms with Crippen molar-refractivity contribution in [3.05, 3.63) is 197 Å². The fourth-order valence-electron chi connectivity index (χ4n) is 10.9. The van der Waals surface area contributed by atoms with Crippen molar-refractivity contribution in [3.8, 4) is 0 Å². The lowest BCUT2D eigenvalue weighted by Gasteiger charge is -2.33. The SMILES string of the molecule is Cc1cc(C(=O)O)cc(N2C(=O)c3ccc([C@](C)(c4ccc5c(c4)C(=O)N(Cc4c(C)cc(C)c(N6C(=O)c7ccc([C@](C)(c8ccc9c(c8)C(=O)N(C)C9=O)C(F)(F)F)cc7C6=O)c4C)C5=O)C(F)(F)F)cc3C2=O)c1. The molecule has 390 valence electrons. The van der Waals surface area contributed by atoms with Crippen LogP contribution in [-0.4, -0.2) is 87.5 Å². The van der Waals surface area contributed by atoms with E-state index in [1.165, 1.54) is 33.0 Å². The number of halogens is 6. The van der Waals surface area contributed by atoms with Crippen molar-refractivity contribution in [3.63, 3.8) is 0 Å². The standard InChI is InChI=1S/C57H40F6N4O10/c1-25-16-29(53(76)77)19-34(17-25)66-49(72)37-14-10-32(22-41(37)51(66)74)55(6,57(61,62)63)31-9-13-36-40(21-31)48(71)65(47(36)70)24-43-26(2)18-27(3)44(28(43)4)67-50(73)38-15-11-33(23-42(38)52(67)75)54(5,56(58,59)60)30-8-12-35-39(20-30)46(69)64(7)45(35)68/h8-23H,24H2,1-7H3,(H,76,77)/t54-,55-/m0/s1. The molecule has 0 bridgehead atoms. The van der Waals surface area contributed by atoms with Crippen LogP contribution in [0.5, 0.6) is 0 Å². The van der Waals surface area contributed by atoms with Crippen LogP contribution in [0.25, 0.3) is 0 Å². The van der Waals surface area contributed by atoms with E-state index in [-0.39, 0.29) is 61.4 Å². The van der Waals surface area contributed by atoms with Crippen LogP contribution in [0.4, 0.5) is 37.7 Å². The summed E-state index contributed by atoms with van der Waals surface area (Å²) in [7, 11) is 1.20. The van der Waals surface area contributed by atoms with E-state index in [4.69, 9.17) is 0 Å². The maximum atomic E-state index is 15.6. The molecule has 77 heavy (non-hydrogen) atoms. The van der Waals surface area contributed by atoms with Crippen molar-refractivity contribution < 1.29 is 74.6 Å². The van der Waals surface area contributed by atoms with Crippen LogP contribution < -0.4 is 9.80 Å². The molecule has 14 nitrogen and oxygen atoms in total. The first-order chi connectivity index (χ1) is 35.9. The van der Waals surface area contributed by atoms with Crippen molar-refractivity contribution in [1.82, 2.24) is 9.80 Å². The van der Waals surface area contributed by atoms with Crippen LogP contribution in [0, 0.1) is 27.7 Å². The van der Waals surface area contributed by atoms with E-state index in [9.17, 15) is 48.3 Å². The Morgan fingerprint density at radius 3 is 1.31 bits per heavy atom. The van der Waals surface area contributed by atoms with Gasteiger partial charge in [0, 0.05) is 7.05 Å². The predicted molar refractivity (Wildman–Crippen MR) is 262 cm³/mol. The first kappa shape index (κ1) is 51.4. The minimum Gasteiger partial charge on any atom is -0.478 e. The Kier molecular flexibility index (Phi) is 11.3. The fraction of sp³-hybridized carbons (Fsp3) is 0.211. The summed E-state index contributed by atoms with van der Waals surface area (Å²) >= 11 is 0. The van der Waals surface area contributed by atoms with E-state index in [2.05, 4.69) is 0 Å². The van der Waals surface area contributed by atoms with Gasteiger partial charge in [-0.1, -0.05) is 30.3 Å². The highest BCUT2D eigenvalue weighted by Crippen LogP contribution is 2.50. The van der Waals surface area contributed by atoms with E-state index >= 15 is 26.3 Å². The highest BCUT2D eigenvalue weighted by atomic mass is 19.4. The molecule has 0 aliphatic carbocycles. The minimum absolute atomic E-state index is 0.00392. The smallest absolute Gasteiger partial charge is 0.402 e. The molecule has 4 aliphatic rings. The molecule has 20 heteroatoms. The van der Waals surface area contributed by atoms with Gasteiger partial charge >= 0.3 is 18.3 Å². The van der Waals surface area contributed by atoms with Gasteiger partial charge in [0.2, 0.25) is 0 Å². The zero-order valence-electron chi connectivity index (χ0n) is 41.6. The van der Waals surface area contributed by atoms with Gasteiger partial charge < -0.3 is 5.11 Å². The average Bonchev–Trinajstić information content (AvgIpc) is 4.13. The molecule has 4 heterocycles. The Morgan fingerprint density at radius 1 is 0.468 bits per heavy atom. The number of carbonyl (C=O) groups excluding carboxylic acids is 8. The molecular weight excluding hydrogens is 1010 g/mol. The van der Waals surface area contributed by atoms with Crippen molar-refractivity contribution in [2.45, 2.75) is 71.3 Å². The number of nitrogens with zero attached hydrogens (tertiary/aromatic N) is 4. The number of aryl methyl sites for hydroxylation is 3. The van der Waals surface area contributed by atoms with Gasteiger partial charge in [-0.15, -0.1) is 0 Å². The third-order valence-corrected chi connectivity index (χ3v) is 15.5. The van der Waals surface area contributed by atoms with Gasteiger partial charge in [-0.05, 0) is 158 Å². The molecule has 0 unspecified atom stereocenters. The number of carbonyl (C=O) groups is 9. The normalized spacial score (nSPS) is 16.8. The van der Waals surface area contributed by atoms with E-state index in [0.29, 0.717) is 21.6 Å². The number of carboxylic acids is 1. The number of anilines is 2. The number of hydrogen-bond donors (Lipinski definition) is 1. The van der Waals surface area contributed by atoms with Crippen LogP contribution in [0.1, 0.15) is 157 Å². The molecule has 8 amide bonds. The topological polar surface area (TPSA) is 187 Å².